The van der Waals surface area contributed by atoms with Crippen LogP contribution < -0.4 is 0 Å². The van der Waals surface area contributed by atoms with E-state index in [1.165, 1.54) is 0 Å². The zero-order chi connectivity index (χ0) is 14.7. The smallest absolute Gasteiger partial charge is 0.262 e. The second kappa shape index (κ2) is 4.12. The molecule has 0 aliphatic heterocycles. The van der Waals surface area contributed by atoms with Crippen molar-refractivity contribution in [3.63, 3.8) is 0 Å². The first-order valence-corrected chi connectivity index (χ1v) is 7.10. The van der Waals surface area contributed by atoms with Gasteiger partial charge in [-0.1, -0.05) is 0 Å². The molecule has 2 saturated carbocycles. The van der Waals surface area contributed by atoms with Gasteiger partial charge in [-0.3, -0.25) is 19.5 Å². The minimum absolute atomic E-state index is 0.112. The van der Waals surface area contributed by atoms with Gasteiger partial charge >= 0.3 is 5.69 Å². The molecule has 0 spiro atoms. The Labute approximate surface area is 120 Å². The van der Waals surface area contributed by atoms with E-state index in [2.05, 4.69) is 15.2 Å². The molecule has 2 aliphatic carbocycles. The lowest BCUT2D eigenvalue weighted by atomic mass is 10.1. The van der Waals surface area contributed by atoms with Crippen LogP contribution in [0.4, 0.5) is 5.69 Å². The quantitative estimate of drug-likeness (QED) is 0.631. The molecule has 2 aromatic rings. The largest absolute Gasteiger partial charge is 0.309 e. The molecule has 0 amide bonds. The molecule has 0 saturated heterocycles. The molecule has 21 heavy (non-hydrogen) atoms. The van der Waals surface area contributed by atoms with Crippen LogP contribution in [0, 0.1) is 28.9 Å². The van der Waals surface area contributed by atoms with E-state index in [-0.39, 0.29) is 16.7 Å². The zero-order valence-corrected chi connectivity index (χ0v) is 11.9. The zero-order valence-electron chi connectivity index (χ0n) is 11.9. The van der Waals surface area contributed by atoms with Gasteiger partial charge in [0.2, 0.25) is 0 Å². The maximum absolute atomic E-state index is 10.9. The van der Waals surface area contributed by atoms with Crippen LogP contribution in [0.5, 0.6) is 0 Å². The highest BCUT2D eigenvalue weighted by Crippen LogP contribution is 2.65. The minimum atomic E-state index is -0.364. The molecule has 0 aromatic carbocycles. The molecule has 2 atom stereocenters. The average molecular weight is 288 g/mol. The number of hydrogen-bond donors (Lipinski definition) is 0. The van der Waals surface area contributed by atoms with Gasteiger partial charge in [-0.2, -0.15) is 10.2 Å². The Bertz CT molecular complexity index is 708. The second-order valence-electron chi connectivity index (χ2n) is 6.06. The van der Waals surface area contributed by atoms with Crippen LogP contribution in [0.25, 0.3) is 0 Å². The Morgan fingerprint density at radius 2 is 2.10 bits per heavy atom. The lowest BCUT2D eigenvalue weighted by molar-refractivity contribution is -0.385. The number of hydrogen-bond acceptors (Lipinski definition) is 5. The van der Waals surface area contributed by atoms with E-state index in [1.807, 2.05) is 11.7 Å². The maximum Gasteiger partial charge on any atom is 0.309 e. The summed E-state index contributed by atoms with van der Waals surface area (Å²) >= 11 is 0. The Morgan fingerprint density at radius 3 is 2.62 bits per heavy atom. The van der Waals surface area contributed by atoms with Crippen molar-refractivity contribution < 1.29 is 4.92 Å². The van der Waals surface area contributed by atoms with Crippen molar-refractivity contribution in [3.8, 4) is 0 Å². The van der Waals surface area contributed by atoms with Gasteiger partial charge in [0.25, 0.3) is 0 Å². The molecule has 2 fully saturated rings. The summed E-state index contributed by atoms with van der Waals surface area (Å²) in [7, 11) is 1.92. The van der Waals surface area contributed by atoms with Gasteiger partial charge in [0.05, 0.1) is 11.0 Å². The highest BCUT2D eigenvalue weighted by atomic mass is 16.6. The fourth-order valence-electron chi connectivity index (χ4n) is 3.86. The van der Waals surface area contributed by atoms with Gasteiger partial charge in [0, 0.05) is 13.0 Å². The third kappa shape index (κ3) is 1.78. The van der Waals surface area contributed by atoms with Crippen molar-refractivity contribution in [2.45, 2.75) is 31.7 Å². The van der Waals surface area contributed by atoms with Gasteiger partial charge in [0.1, 0.15) is 24.0 Å². The lowest BCUT2D eigenvalue weighted by Crippen LogP contribution is -2.10. The number of aryl methyl sites for hydroxylation is 2. The van der Waals surface area contributed by atoms with Gasteiger partial charge in [-0.25, -0.2) is 4.98 Å². The van der Waals surface area contributed by atoms with Crippen molar-refractivity contribution >= 4 is 5.69 Å². The Balaban J connectivity index is 1.50. The van der Waals surface area contributed by atoms with Gasteiger partial charge in [-0.15, -0.1) is 0 Å². The topological polar surface area (TPSA) is 91.7 Å². The first-order valence-electron chi connectivity index (χ1n) is 7.10. The van der Waals surface area contributed by atoms with Crippen molar-refractivity contribution in [1.82, 2.24) is 24.5 Å². The van der Waals surface area contributed by atoms with Crippen LogP contribution in [0.1, 0.15) is 36.3 Å². The molecule has 110 valence electrons. The number of rotatable bonds is 3. The van der Waals surface area contributed by atoms with Gasteiger partial charge in [-0.05, 0) is 31.6 Å². The van der Waals surface area contributed by atoms with E-state index >= 15 is 0 Å². The van der Waals surface area contributed by atoms with E-state index < -0.39 is 0 Å². The summed E-state index contributed by atoms with van der Waals surface area (Å²) < 4.78 is 3.63. The molecule has 2 aliphatic rings. The number of fused-ring (bicyclic) bond motifs is 1. The van der Waals surface area contributed by atoms with Crippen molar-refractivity contribution in [3.05, 3.63) is 34.2 Å². The summed E-state index contributed by atoms with van der Waals surface area (Å²) in [6, 6.07) is 0.275. The molecule has 2 unspecified atom stereocenters. The minimum Gasteiger partial charge on any atom is -0.262 e. The van der Waals surface area contributed by atoms with Crippen LogP contribution in [0.3, 0.4) is 0 Å². The number of aromatic nitrogens is 5. The Kier molecular flexibility index (Phi) is 2.45. The fourth-order valence-corrected chi connectivity index (χ4v) is 3.86. The van der Waals surface area contributed by atoms with E-state index in [0.29, 0.717) is 23.4 Å². The van der Waals surface area contributed by atoms with Crippen LogP contribution in [0.15, 0.2) is 12.5 Å². The molecular weight excluding hydrogens is 272 g/mol. The highest BCUT2D eigenvalue weighted by Gasteiger charge is 2.59. The lowest BCUT2D eigenvalue weighted by Gasteiger charge is -2.14. The molecule has 8 nitrogen and oxygen atoms in total. The van der Waals surface area contributed by atoms with E-state index in [1.54, 1.807) is 24.1 Å². The fraction of sp³-hybridized carbons (Fsp3) is 0.615. The second-order valence-corrected chi connectivity index (χ2v) is 6.06. The molecule has 2 aromatic heterocycles. The van der Waals surface area contributed by atoms with Crippen molar-refractivity contribution in [1.29, 1.82) is 0 Å². The average Bonchev–Trinajstić information content (AvgIpc) is 2.86. The third-order valence-electron chi connectivity index (χ3n) is 4.93. The van der Waals surface area contributed by atoms with Gasteiger partial charge < -0.3 is 0 Å². The van der Waals surface area contributed by atoms with Gasteiger partial charge in [0.15, 0.2) is 0 Å². The first-order chi connectivity index (χ1) is 10.1. The summed E-state index contributed by atoms with van der Waals surface area (Å²) in [6.07, 6.45) is 5.20. The molecule has 2 heterocycles. The predicted octanol–water partition coefficient (Wildman–Crippen LogP) is 1.59. The molecular formula is C13H16N6O2. The summed E-state index contributed by atoms with van der Waals surface area (Å²) in [5.74, 6) is 2.79. The highest BCUT2D eigenvalue weighted by molar-refractivity contribution is 5.31. The molecule has 0 N–H and O–H groups in total. The van der Waals surface area contributed by atoms with Crippen LogP contribution >= 0.6 is 0 Å². The maximum atomic E-state index is 10.9. The summed E-state index contributed by atoms with van der Waals surface area (Å²) in [5, 5.41) is 19.3. The third-order valence-corrected chi connectivity index (χ3v) is 4.93. The predicted molar refractivity (Wildman–Crippen MR) is 72.6 cm³/mol. The SMILES string of the molecule is Cc1nn(C2CC3C(C2)C3c2ncnn2C)cc1[N+](=O)[O-]. The van der Waals surface area contributed by atoms with Crippen molar-refractivity contribution in [2.24, 2.45) is 18.9 Å². The Hall–Kier alpha value is -2.25. The van der Waals surface area contributed by atoms with Crippen LogP contribution in [-0.4, -0.2) is 29.5 Å². The summed E-state index contributed by atoms with van der Waals surface area (Å²) in [4.78, 5) is 14.9. The van der Waals surface area contributed by atoms with Crippen molar-refractivity contribution in [2.75, 3.05) is 0 Å². The van der Waals surface area contributed by atoms with E-state index in [4.69, 9.17) is 0 Å². The summed E-state index contributed by atoms with van der Waals surface area (Å²) in [6.45, 7) is 1.69. The van der Waals surface area contributed by atoms with E-state index in [9.17, 15) is 10.1 Å². The Morgan fingerprint density at radius 1 is 1.38 bits per heavy atom. The molecule has 0 radical (unpaired) electrons. The van der Waals surface area contributed by atoms with Crippen LogP contribution in [0.2, 0.25) is 0 Å². The summed E-state index contributed by atoms with van der Waals surface area (Å²) in [5.41, 5.74) is 0.603. The van der Waals surface area contributed by atoms with E-state index in [0.717, 1.165) is 18.7 Å². The normalized spacial score (nSPS) is 30.4. The first kappa shape index (κ1) is 12.5. The monoisotopic (exact) mass is 288 g/mol. The van der Waals surface area contributed by atoms with Crippen LogP contribution in [-0.2, 0) is 7.05 Å². The standard InChI is InChI=1S/C13H16N6O2/c1-7-11(19(20)21)5-18(16-7)8-3-9-10(4-8)12(9)13-14-6-15-17(13)2/h5-6,8-10,12H,3-4H2,1-2H3. The molecule has 0 bridgehead atoms. The number of nitro groups is 1. The molecule has 4 rings (SSSR count). The molecule has 8 heteroatoms. The number of nitrogens with zero attached hydrogens (tertiary/aromatic N) is 6.